The van der Waals surface area contributed by atoms with E-state index >= 15 is 0 Å². The van der Waals surface area contributed by atoms with Gasteiger partial charge >= 0.3 is 0 Å². The zero-order valence-corrected chi connectivity index (χ0v) is 14.4. The van der Waals surface area contributed by atoms with E-state index < -0.39 is 0 Å². The minimum absolute atomic E-state index is 0.0894. The van der Waals surface area contributed by atoms with Crippen LogP contribution in [0.4, 0.5) is 5.69 Å². The van der Waals surface area contributed by atoms with Gasteiger partial charge in [0.05, 0.1) is 19.7 Å². The number of rotatable bonds is 9. The largest absolute Gasteiger partial charge is 0.383 e. The highest BCUT2D eigenvalue weighted by atomic mass is 16.5. The lowest BCUT2D eigenvalue weighted by atomic mass is 10.2. The van der Waals surface area contributed by atoms with E-state index in [2.05, 4.69) is 10.6 Å². The van der Waals surface area contributed by atoms with Gasteiger partial charge in [-0.05, 0) is 19.1 Å². The second kappa shape index (κ2) is 10.4. The summed E-state index contributed by atoms with van der Waals surface area (Å²) >= 11 is 0. The van der Waals surface area contributed by atoms with Gasteiger partial charge in [-0.2, -0.15) is 0 Å². The molecule has 7 heteroatoms. The Morgan fingerprint density at radius 2 is 1.79 bits per heavy atom. The molecule has 0 fully saturated rings. The number of hydrogen-bond acceptors (Lipinski definition) is 4. The summed E-state index contributed by atoms with van der Waals surface area (Å²) in [7, 11) is 1.53. The molecule has 0 saturated heterocycles. The van der Waals surface area contributed by atoms with Crippen molar-refractivity contribution in [1.29, 1.82) is 0 Å². The molecule has 0 radical (unpaired) electrons. The highest BCUT2D eigenvalue weighted by Gasteiger charge is 2.15. The minimum Gasteiger partial charge on any atom is -0.383 e. The Bertz CT molecular complexity index is 557. The van der Waals surface area contributed by atoms with E-state index in [9.17, 15) is 14.4 Å². The van der Waals surface area contributed by atoms with Crippen molar-refractivity contribution >= 4 is 23.4 Å². The van der Waals surface area contributed by atoms with Crippen molar-refractivity contribution in [1.82, 2.24) is 10.2 Å². The number of ether oxygens (including phenoxy) is 1. The first-order chi connectivity index (χ1) is 11.5. The Balaban J connectivity index is 2.41. The van der Waals surface area contributed by atoms with Gasteiger partial charge in [-0.25, -0.2) is 0 Å². The molecule has 0 heterocycles. The number of carbonyl (C=O) groups is 3. The number of hydrogen-bond donors (Lipinski definition) is 2. The van der Waals surface area contributed by atoms with Crippen molar-refractivity contribution in [3.05, 3.63) is 29.8 Å². The summed E-state index contributed by atoms with van der Waals surface area (Å²) in [6.07, 6.45) is 0.310. The van der Waals surface area contributed by atoms with Gasteiger partial charge in [-0.3, -0.25) is 14.4 Å². The second-order valence-electron chi connectivity index (χ2n) is 5.35. The number of methoxy groups -OCH3 is 1. The topological polar surface area (TPSA) is 87.7 Å². The molecule has 132 valence electrons. The van der Waals surface area contributed by atoms with Gasteiger partial charge in [0.1, 0.15) is 0 Å². The maximum absolute atomic E-state index is 11.9. The number of nitrogens with zero attached hydrogens (tertiary/aromatic N) is 1. The first-order valence-electron chi connectivity index (χ1n) is 7.86. The smallest absolute Gasteiger partial charge is 0.243 e. The maximum atomic E-state index is 11.9. The first-order valence-corrected chi connectivity index (χ1v) is 7.86. The van der Waals surface area contributed by atoms with Crippen molar-refractivity contribution in [2.45, 2.75) is 20.3 Å². The first kappa shape index (κ1) is 19.6. The van der Waals surface area contributed by atoms with Crippen molar-refractivity contribution in [3.63, 3.8) is 0 Å². The molecule has 1 aromatic rings. The molecule has 0 saturated carbocycles. The Morgan fingerprint density at radius 1 is 1.12 bits per heavy atom. The van der Waals surface area contributed by atoms with Gasteiger partial charge in [0.25, 0.3) is 0 Å². The fraction of sp³-hybridized carbons (Fsp3) is 0.471. The fourth-order valence-electron chi connectivity index (χ4n) is 1.97. The summed E-state index contributed by atoms with van der Waals surface area (Å²) in [5.41, 5.74) is 1.76. The lowest BCUT2D eigenvalue weighted by Crippen LogP contribution is -2.43. The van der Waals surface area contributed by atoms with Gasteiger partial charge in [0, 0.05) is 25.8 Å². The van der Waals surface area contributed by atoms with E-state index in [0.29, 0.717) is 25.3 Å². The summed E-state index contributed by atoms with van der Waals surface area (Å²) in [5, 5.41) is 5.21. The van der Waals surface area contributed by atoms with Crippen LogP contribution in [0.3, 0.4) is 0 Å². The standard InChI is InChI=1S/C17H25N3O4/c1-4-17(23)20(9-10-24-3)12-16(22)18-11-15(21)19-14-7-5-13(2)6-8-14/h5-8H,4,9-12H2,1-3H3,(H,18,22)(H,19,21). The molecular weight excluding hydrogens is 310 g/mol. The zero-order valence-electron chi connectivity index (χ0n) is 14.4. The Labute approximate surface area is 142 Å². The third-order valence-electron chi connectivity index (χ3n) is 3.34. The van der Waals surface area contributed by atoms with Crippen LogP contribution in [-0.2, 0) is 19.1 Å². The van der Waals surface area contributed by atoms with Gasteiger partial charge in [-0.1, -0.05) is 24.6 Å². The van der Waals surface area contributed by atoms with Crippen LogP contribution in [0.1, 0.15) is 18.9 Å². The van der Waals surface area contributed by atoms with E-state index in [1.165, 1.54) is 12.0 Å². The molecule has 0 aliphatic heterocycles. The molecule has 0 unspecified atom stereocenters. The molecule has 1 aromatic carbocycles. The van der Waals surface area contributed by atoms with E-state index in [1.807, 2.05) is 19.1 Å². The molecule has 3 amide bonds. The van der Waals surface area contributed by atoms with Crippen LogP contribution in [0.2, 0.25) is 0 Å². The third kappa shape index (κ3) is 7.23. The normalized spacial score (nSPS) is 10.1. The molecule has 0 spiro atoms. The second-order valence-corrected chi connectivity index (χ2v) is 5.35. The van der Waals surface area contributed by atoms with Crippen LogP contribution < -0.4 is 10.6 Å². The number of aryl methyl sites for hydroxylation is 1. The lowest BCUT2D eigenvalue weighted by Gasteiger charge is -2.21. The van der Waals surface area contributed by atoms with Gasteiger partial charge in [-0.15, -0.1) is 0 Å². The highest BCUT2D eigenvalue weighted by Crippen LogP contribution is 2.07. The summed E-state index contributed by atoms with van der Waals surface area (Å²) in [5.74, 6) is -0.837. The molecular formula is C17H25N3O4. The van der Waals surface area contributed by atoms with E-state index in [-0.39, 0.29) is 30.8 Å². The van der Waals surface area contributed by atoms with E-state index in [1.54, 1.807) is 19.1 Å². The minimum atomic E-state index is -0.382. The Kier molecular flexibility index (Phi) is 8.49. The fourth-order valence-corrected chi connectivity index (χ4v) is 1.97. The van der Waals surface area contributed by atoms with Crippen LogP contribution in [0, 0.1) is 6.92 Å². The number of benzene rings is 1. The zero-order chi connectivity index (χ0) is 17.9. The van der Waals surface area contributed by atoms with Crippen molar-refractivity contribution < 1.29 is 19.1 Å². The predicted molar refractivity (Wildman–Crippen MR) is 91.6 cm³/mol. The molecule has 0 aliphatic carbocycles. The Morgan fingerprint density at radius 3 is 2.38 bits per heavy atom. The molecule has 0 bridgehead atoms. The monoisotopic (exact) mass is 335 g/mol. The lowest BCUT2D eigenvalue weighted by molar-refractivity contribution is -0.136. The quantitative estimate of drug-likeness (QED) is 0.703. The number of anilines is 1. The molecule has 0 aliphatic rings. The van der Waals surface area contributed by atoms with Crippen LogP contribution in [0.25, 0.3) is 0 Å². The SMILES string of the molecule is CCC(=O)N(CCOC)CC(=O)NCC(=O)Nc1ccc(C)cc1. The average Bonchev–Trinajstić information content (AvgIpc) is 2.58. The summed E-state index contributed by atoms with van der Waals surface area (Å²) < 4.78 is 4.93. The maximum Gasteiger partial charge on any atom is 0.243 e. The number of carbonyl (C=O) groups excluding carboxylic acids is 3. The number of amides is 3. The van der Waals surface area contributed by atoms with Crippen molar-refractivity contribution in [2.75, 3.05) is 38.7 Å². The Hall–Kier alpha value is -2.41. The highest BCUT2D eigenvalue weighted by molar-refractivity contribution is 5.95. The number of nitrogens with one attached hydrogen (secondary N) is 2. The molecule has 0 atom stereocenters. The van der Waals surface area contributed by atoms with Crippen LogP contribution in [-0.4, -0.2) is 56.0 Å². The summed E-state index contributed by atoms with van der Waals surface area (Å²) in [6.45, 7) is 4.14. The predicted octanol–water partition coefficient (Wildman–Crippen LogP) is 0.935. The van der Waals surface area contributed by atoms with E-state index in [0.717, 1.165) is 5.56 Å². The average molecular weight is 335 g/mol. The summed E-state index contributed by atoms with van der Waals surface area (Å²) in [6, 6.07) is 7.36. The van der Waals surface area contributed by atoms with Gasteiger partial charge in [0.2, 0.25) is 17.7 Å². The van der Waals surface area contributed by atoms with E-state index in [4.69, 9.17) is 4.74 Å². The van der Waals surface area contributed by atoms with Gasteiger partial charge < -0.3 is 20.3 Å². The molecule has 24 heavy (non-hydrogen) atoms. The van der Waals surface area contributed by atoms with Gasteiger partial charge in [0.15, 0.2) is 0 Å². The molecule has 7 nitrogen and oxygen atoms in total. The summed E-state index contributed by atoms with van der Waals surface area (Å²) in [4.78, 5) is 36.9. The third-order valence-corrected chi connectivity index (χ3v) is 3.34. The molecule has 1 rings (SSSR count). The van der Waals surface area contributed by atoms with Crippen molar-refractivity contribution in [2.24, 2.45) is 0 Å². The van der Waals surface area contributed by atoms with Crippen molar-refractivity contribution in [3.8, 4) is 0 Å². The van der Waals surface area contributed by atoms with Crippen LogP contribution >= 0.6 is 0 Å². The van der Waals surface area contributed by atoms with Crippen LogP contribution in [0.15, 0.2) is 24.3 Å². The van der Waals surface area contributed by atoms with Crippen LogP contribution in [0.5, 0.6) is 0 Å². The molecule has 0 aromatic heterocycles. The molecule has 2 N–H and O–H groups in total.